The Morgan fingerprint density at radius 1 is 1.06 bits per heavy atom. The number of para-hydroxylation sites is 1. The van der Waals surface area contributed by atoms with Gasteiger partial charge in [-0.1, -0.05) is 54.1 Å². The molecule has 2 N–H and O–H groups in total. The number of rotatable bonds is 8. The molecule has 2 aromatic carbocycles. The molecule has 34 heavy (non-hydrogen) atoms. The number of hydrogen-bond donors (Lipinski definition) is 2. The molecule has 2 atom stereocenters. The summed E-state index contributed by atoms with van der Waals surface area (Å²) in [6, 6.07) is 13.0. The lowest BCUT2D eigenvalue weighted by Gasteiger charge is -2.33. The number of aryl methyl sites for hydroxylation is 2. The van der Waals surface area contributed by atoms with E-state index < -0.39 is 29.7 Å². The number of nitrogens with one attached hydrogen (secondary N) is 2. The molecule has 7 heteroatoms. The van der Waals surface area contributed by atoms with Gasteiger partial charge in [-0.3, -0.25) is 9.59 Å². The van der Waals surface area contributed by atoms with Gasteiger partial charge in [0.05, 0.1) is 0 Å². The average Bonchev–Trinajstić information content (AvgIpc) is 2.74. The summed E-state index contributed by atoms with van der Waals surface area (Å²) in [6.07, 6.45) is 0.850. The Labute approximate surface area is 202 Å². The van der Waals surface area contributed by atoms with Crippen LogP contribution in [0.5, 0.6) is 0 Å². The van der Waals surface area contributed by atoms with Crippen molar-refractivity contribution in [1.82, 2.24) is 10.2 Å². The molecule has 0 fully saturated rings. The number of amides is 3. The van der Waals surface area contributed by atoms with E-state index in [2.05, 4.69) is 17.2 Å². The second-order valence-corrected chi connectivity index (χ2v) is 9.26. The fraction of sp³-hybridized carbons (Fsp3) is 0.370. The minimum absolute atomic E-state index is 0.110. The van der Waals surface area contributed by atoms with Gasteiger partial charge in [-0.2, -0.15) is 0 Å². The number of anilines is 1. The van der Waals surface area contributed by atoms with Gasteiger partial charge in [0.1, 0.15) is 17.7 Å². The van der Waals surface area contributed by atoms with Crippen molar-refractivity contribution in [2.24, 2.45) is 0 Å². The third-order valence-corrected chi connectivity index (χ3v) is 5.07. The van der Waals surface area contributed by atoms with Crippen LogP contribution < -0.4 is 10.6 Å². The van der Waals surface area contributed by atoms with Gasteiger partial charge >= 0.3 is 6.09 Å². The Kier molecular flexibility index (Phi) is 9.01. The normalized spacial score (nSPS) is 12.8. The van der Waals surface area contributed by atoms with E-state index in [4.69, 9.17) is 4.74 Å². The summed E-state index contributed by atoms with van der Waals surface area (Å²) in [4.78, 5) is 40.7. The minimum Gasteiger partial charge on any atom is -0.444 e. The summed E-state index contributed by atoms with van der Waals surface area (Å²) in [5.41, 5.74) is 2.54. The largest absolute Gasteiger partial charge is 0.444 e. The van der Waals surface area contributed by atoms with Crippen molar-refractivity contribution in [3.05, 3.63) is 77.9 Å². The number of carbonyl (C=O) groups is 3. The maximum absolute atomic E-state index is 13.6. The number of hydrogen-bond acceptors (Lipinski definition) is 4. The average molecular weight is 466 g/mol. The van der Waals surface area contributed by atoms with Crippen molar-refractivity contribution >= 4 is 23.6 Å². The predicted molar refractivity (Wildman–Crippen MR) is 134 cm³/mol. The summed E-state index contributed by atoms with van der Waals surface area (Å²) < 4.78 is 5.28. The lowest BCUT2D eigenvalue weighted by molar-refractivity contribution is -0.139. The fourth-order valence-corrected chi connectivity index (χ4v) is 3.39. The van der Waals surface area contributed by atoms with Crippen LogP contribution >= 0.6 is 0 Å². The topological polar surface area (TPSA) is 87.7 Å². The molecule has 2 aromatic rings. The molecule has 0 aliphatic heterocycles. The van der Waals surface area contributed by atoms with Crippen molar-refractivity contribution in [3.63, 3.8) is 0 Å². The van der Waals surface area contributed by atoms with Crippen LogP contribution in [0, 0.1) is 13.8 Å². The summed E-state index contributed by atoms with van der Waals surface area (Å²) in [6.45, 7) is 14.5. The van der Waals surface area contributed by atoms with Crippen molar-refractivity contribution in [3.8, 4) is 0 Å². The Balaban J connectivity index is 2.39. The SMILES string of the molecule is C=CCN(C(=O)C(C)NC(=O)OC(C)(C)C)C(C(=O)Nc1ccccc1C)c1ccc(C)cc1. The quantitative estimate of drug-likeness (QED) is 0.542. The van der Waals surface area contributed by atoms with E-state index in [1.165, 1.54) is 4.90 Å². The number of alkyl carbamates (subject to hydrolysis) is 1. The van der Waals surface area contributed by atoms with E-state index in [-0.39, 0.29) is 12.5 Å². The number of ether oxygens (including phenoxy) is 1. The molecule has 0 aromatic heterocycles. The van der Waals surface area contributed by atoms with Crippen molar-refractivity contribution in [2.45, 2.75) is 59.2 Å². The maximum atomic E-state index is 13.6. The summed E-state index contributed by atoms with van der Waals surface area (Å²) >= 11 is 0. The minimum atomic E-state index is -0.936. The molecule has 0 bridgehead atoms. The highest BCUT2D eigenvalue weighted by atomic mass is 16.6. The highest BCUT2D eigenvalue weighted by Gasteiger charge is 2.34. The summed E-state index contributed by atoms with van der Waals surface area (Å²) in [7, 11) is 0. The van der Waals surface area contributed by atoms with Gasteiger partial charge in [-0.25, -0.2) is 4.79 Å². The molecule has 0 heterocycles. The van der Waals surface area contributed by atoms with Crippen molar-refractivity contribution < 1.29 is 19.1 Å². The van der Waals surface area contributed by atoms with Gasteiger partial charge in [-0.15, -0.1) is 6.58 Å². The van der Waals surface area contributed by atoms with Crippen LogP contribution in [0.15, 0.2) is 61.2 Å². The van der Waals surface area contributed by atoms with Gasteiger partial charge in [0.2, 0.25) is 5.91 Å². The molecule has 7 nitrogen and oxygen atoms in total. The smallest absolute Gasteiger partial charge is 0.408 e. The highest BCUT2D eigenvalue weighted by molar-refractivity contribution is 5.99. The van der Waals surface area contributed by atoms with E-state index >= 15 is 0 Å². The lowest BCUT2D eigenvalue weighted by Crippen LogP contribution is -2.51. The third-order valence-electron chi connectivity index (χ3n) is 5.07. The monoisotopic (exact) mass is 465 g/mol. The molecule has 0 radical (unpaired) electrons. The molecular formula is C27H35N3O4. The third kappa shape index (κ3) is 7.47. The van der Waals surface area contributed by atoms with Gasteiger partial charge in [0.25, 0.3) is 5.91 Å². The standard InChI is InChI=1S/C27H35N3O4/c1-8-17-30(25(32)20(4)28-26(33)34-27(5,6)7)23(21-15-13-18(2)14-16-21)24(31)29-22-12-10-9-11-19(22)3/h8-16,20,23H,1,17H2,2-7H3,(H,28,33)(H,29,31). The summed E-state index contributed by atoms with van der Waals surface area (Å²) in [5, 5.41) is 5.52. The first-order valence-electron chi connectivity index (χ1n) is 11.3. The first kappa shape index (κ1) is 26.6. The second kappa shape index (κ2) is 11.5. The number of carbonyl (C=O) groups excluding carboxylic acids is 3. The van der Waals surface area contributed by atoms with Crippen LogP contribution in [0.2, 0.25) is 0 Å². The zero-order valence-electron chi connectivity index (χ0n) is 20.8. The molecule has 2 unspecified atom stereocenters. The molecular weight excluding hydrogens is 430 g/mol. The lowest BCUT2D eigenvalue weighted by atomic mass is 10.0. The first-order valence-corrected chi connectivity index (χ1v) is 11.3. The molecule has 2 rings (SSSR count). The van der Waals surface area contributed by atoms with Crippen LogP contribution in [0.25, 0.3) is 0 Å². The Bertz CT molecular complexity index is 1020. The Hall–Kier alpha value is -3.61. The Morgan fingerprint density at radius 2 is 1.68 bits per heavy atom. The molecule has 0 spiro atoms. The zero-order chi connectivity index (χ0) is 25.5. The Morgan fingerprint density at radius 3 is 2.24 bits per heavy atom. The summed E-state index contributed by atoms with van der Waals surface area (Å²) in [5.74, 6) is -0.797. The van der Waals surface area contributed by atoms with E-state index in [1.54, 1.807) is 33.8 Å². The van der Waals surface area contributed by atoms with Gasteiger partial charge < -0.3 is 20.3 Å². The molecule has 0 saturated heterocycles. The number of benzene rings is 2. The number of nitrogens with zero attached hydrogens (tertiary/aromatic N) is 1. The predicted octanol–water partition coefficient (Wildman–Crippen LogP) is 4.91. The van der Waals surface area contributed by atoms with E-state index in [1.807, 2.05) is 62.4 Å². The van der Waals surface area contributed by atoms with Gasteiger partial charge in [0.15, 0.2) is 0 Å². The van der Waals surface area contributed by atoms with E-state index in [0.717, 1.165) is 11.1 Å². The van der Waals surface area contributed by atoms with Gasteiger partial charge in [0, 0.05) is 12.2 Å². The van der Waals surface area contributed by atoms with Crippen LogP contribution in [0.1, 0.15) is 50.4 Å². The fourth-order valence-electron chi connectivity index (χ4n) is 3.39. The highest BCUT2D eigenvalue weighted by Crippen LogP contribution is 2.25. The van der Waals surface area contributed by atoms with Crippen LogP contribution in [0.4, 0.5) is 10.5 Å². The van der Waals surface area contributed by atoms with E-state index in [9.17, 15) is 14.4 Å². The molecule has 3 amide bonds. The second-order valence-electron chi connectivity index (χ2n) is 9.26. The van der Waals surface area contributed by atoms with E-state index in [0.29, 0.717) is 11.3 Å². The first-order chi connectivity index (χ1) is 15.9. The molecule has 0 saturated carbocycles. The molecule has 0 aliphatic carbocycles. The van der Waals surface area contributed by atoms with Crippen LogP contribution in [-0.4, -0.2) is 41.0 Å². The zero-order valence-corrected chi connectivity index (χ0v) is 20.8. The van der Waals surface area contributed by atoms with Crippen LogP contribution in [0.3, 0.4) is 0 Å². The van der Waals surface area contributed by atoms with Gasteiger partial charge in [-0.05, 0) is 58.7 Å². The van der Waals surface area contributed by atoms with Crippen molar-refractivity contribution in [1.29, 1.82) is 0 Å². The van der Waals surface area contributed by atoms with Crippen molar-refractivity contribution in [2.75, 3.05) is 11.9 Å². The molecule has 182 valence electrons. The maximum Gasteiger partial charge on any atom is 0.408 e. The molecule has 0 aliphatic rings. The van der Waals surface area contributed by atoms with Crippen LogP contribution in [-0.2, 0) is 14.3 Å².